The van der Waals surface area contributed by atoms with Crippen molar-refractivity contribution in [1.82, 2.24) is 9.47 Å². The molecule has 0 saturated carbocycles. The average molecular weight is 550 g/mol. The Morgan fingerprint density at radius 2 is 1.50 bits per heavy atom. The summed E-state index contributed by atoms with van der Waals surface area (Å²) in [6.45, 7) is 1.03. The number of carbonyl (C=O) groups excluding carboxylic acids is 2. The monoisotopic (exact) mass is 550 g/mol. The van der Waals surface area contributed by atoms with Crippen molar-refractivity contribution in [3.8, 4) is 0 Å². The highest BCUT2D eigenvalue weighted by Gasteiger charge is 2.35. The minimum Gasteiger partial charge on any atom is -0.342 e. The van der Waals surface area contributed by atoms with Gasteiger partial charge in [-0.3, -0.25) is 14.5 Å². The SMILES string of the molecule is O=C1S/C(=C\c2cn(Cc3ccccc3)c3ccccc23)C(=O)N1Cc1ccc(I)cc1. The first kappa shape index (κ1) is 21.0. The minimum atomic E-state index is -0.238. The van der Waals surface area contributed by atoms with Gasteiger partial charge >= 0.3 is 0 Å². The van der Waals surface area contributed by atoms with Crippen LogP contribution in [0.1, 0.15) is 16.7 Å². The number of hydrogen-bond donors (Lipinski definition) is 0. The number of fused-ring (bicyclic) bond motifs is 1. The van der Waals surface area contributed by atoms with Crippen LogP contribution in [-0.2, 0) is 17.9 Å². The Labute approximate surface area is 204 Å². The number of para-hydroxylation sites is 1. The summed E-state index contributed by atoms with van der Waals surface area (Å²) >= 11 is 3.25. The summed E-state index contributed by atoms with van der Waals surface area (Å²) < 4.78 is 3.30. The van der Waals surface area contributed by atoms with E-state index >= 15 is 0 Å². The van der Waals surface area contributed by atoms with Crippen molar-refractivity contribution in [3.63, 3.8) is 0 Å². The number of carbonyl (C=O) groups is 2. The first-order chi connectivity index (χ1) is 15.6. The van der Waals surface area contributed by atoms with Gasteiger partial charge in [-0.05, 0) is 69.8 Å². The van der Waals surface area contributed by atoms with E-state index in [0.29, 0.717) is 4.91 Å². The van der Waals surface area contributed by atoms with Crippen LogP contribution < -0.4 is 0 Å². The maximum Gasteiger partial charge on any atom is 0.293 e. The molecule has 4 nitrogen and oxygen atoms in total. The molecule has 32 heavy (non-hydrogen) atoms. The van der Waals surface area contributed by atoms with Crippen LogP contribution >= 0.6 is 34.4 Å². The maximum atomic E-state index is 13.0. The van der Waals surface area contributed by atoms with Gasteiger partial charge in [-0.25, -0.2) is 0 Å². The molecule has 0 unspecified atom stereocenters. The largest absolute Gasteiger partial charge is 0.342 e. The van der Waals surface area contributed by atoms with Crippen LogP contribution in [0.2, 0.25) is 0 Å². The molecule has 1 aliphatic rings. The number of rotatable bonds is 5. The minimum absolute atomic E-state index is 0.229. The molecule has 1 fully saturated rings. The zero-order chi connectivity index (χ0) is 22.1. The van der Waals surface area contributed by atoms with Crippen molar-refractivity contribution in [2.45, 2.75) is 13.1 Å². The predicted molar refractivity (Wildman–Crippen MR) is 138 cm³/mol. The summed E-state index contributed by atoms with van der Waals surface area (Å²) in [6, 6.07) is 26.3. The summed E-state index contributed by atoms with van der Waals surface area (Å²) in [4.78, 5) is 27.4. The van der Waals surface area contributed by atoms with Gasteiger partial charge in [0.15, 0.2) is 0 Å². The molecule has 2 amide bonds. The van der Waals surface area contributed by atoms with Gasteiger partial charge in [-0.1, -0.05) is 60.7 Å². The molecule has 0 bridgehead atoms. The number of halogens is 1. The van der Waals surface area contributed by atoms with E-state index in [0.717, 1.165) is 43.9 Å². The van der Waals surface area contributed by atoms with Crippen molar-refractivity contribution in [3.05, 3.63) is 110 Å². The van der Waals surface area contributed by atoms with E-state index in [-0.39, 0.29) is 17.7 Å². The van der Waals surface area contributed by atoms with Crippen molar-refractivity contribution >= 4 is 62.5 Å². The molecule has 5 rings (SSSR count). The van der Waals surface area contributed by atoms with E-state index < -0.39 is 0 Å². The van der Waals surface area contributed by atoms with Crippen LogP contribution in [0.15, 0.2) is 90.0 Å². The van der Waals surface area contributed by atoms with Crippen LogP contribution in [0.25, 0.3) is 17.0 Å². The molecule has 4 aromatic rings. The van der Waals surface area contributed by atoms with Crippen molar-refractivity contribution < 1.29 is 9.59 Å². The van der Waals surface area contributed by atoms with Crippen molar-refractivity contribution in [2.24, 2.45) is 0 Å². The van der Waals surface area contributed by atoms with Crippen LogP contribution in [0.3, 0.4) is 0 Å². The predicted octanol–water partition coefficient (Wildman–Crippen LogP) is 6.53. The summed E-state index contributed by atoms with van der Waals surface area (Å²) in [7, 11) is 0. The zero-order valence-corrected chi connectivity index (χ0v) is 20.0. The third-order valence-corrected chi connectivity index (χ3v) is 7.06. The molecule has 0 aliphatic carbocycles. The van der Waals surface area contributed by atoms with Crippen molar-refractivity contribution in [2.75, 3.05) is 0 Å². The van der Waals surface area contributed by atoms with E-state index in [4.69, 9.17) is 0 Å². The van der Waals surface area contributed by atoms with E-state index in [1.807, 2.05) is 60.7 Å². The summed E-state index contributed by atoms with van der Waals surface area (Å²) in [5, 5.41) is 0.834. The number of amides is 2. The smallest absolute Gasteiger partial charge is 0.293 e. The quantitative estimate of drug-likeness (QED) is 0.210. The normalized spacial score (nSPS) is 15.3. The highest BCUT2D eigenvalue weighted by molar-refractivity contribution is 14.1. The molecule has 158 valence electrons. The summed E-state index contributed by atoms with van der Waals surface area (Å²) in [6.07, 6.45) is 3.91. The first-order valence-electron chi connectivity index (χ1n) is 10.2. The summed E-state index contributed by atoms with van der Waals surface area (Å²) in [5.74, 6) is -0.238. The number of hydrogen-bond acceptors (Lipinski definition) is 3. The number of benzene rings is 3. The lowest BCUT2D eigenvalue weighted by molar-refractivity contribution is -0.123. The van der Waals surface area contributed by atoms with E-state index in [1.54, 1.807) is 0 Å². The van der Waals surface area contributed by atoms with E-state index in [2.05, 4.69) is 57.6 Å². The lowest BCUT2D eigenvalue weighted by Crippen LogP contribution is -2.27. The molecule has 1 aromatic heterocycles. The first-order valence-corrected chi connectivity index (χ1v) is 12.1. The van der Waals surface area contributed by atoms with Crippen LogP contribution in [0.4, 0.5) is 4.79 Å². The highest BCUT2D eigenvalue weighted by Crippen LogP contribution is 2.35. The van der Waals surface area contributed by atoms with Gasteiger partial charge in [0.25, 0.3) is 11.1 Å². The fourth-order valence-electron chi connectivity index (χ4n) is 3.85. The van der Waals surface area contributed by atoms with Crippen LogP contribution in [0.5, 0.6) is 0 Å². The molecular formula is C26H19IN2O2S. The Kier molecular flexibility index (Phi) is 5.89. The van der Waals surface area contributed by atoms with Gasteiger partial charge in [0.2, 0.25) is 0 Å². The summed E-state index contributed by atoms with van der Waals surface area (Å²) in [5.41, 5.74) is 4.18. The third-order valence-electron chi connectivity index (χ3n) is 5.43. The molecule has 1 saturated heterocycles. The molecule has 0 radical (unpaired) electrons. The Morgan fingerprint density at radius 3 is 2.28 bits per heavy atom. The van der Waals surface area contributed by atoms with Gasteiger partial charge in [-0.2, -0.15) is 0 Å². The molecule has 2 heterocycles. The molecule has 3 aromatic carbocycles. The van der Waals surface area contributed by atoms with E-state index in [9.17, 15) is 9.59 Å². The number of imide groups is 1. The van der Waals surface area contributed by atoms with Gasteiger partial charge in [-0.15, -0.1) is 0 Å². The Hall–Kier alpha value is -2.84. The van der Waals surface area contributed by atoms with Gasteiger partial charge < -0.3 is 4.57 Å². The molecule has 0 atom stereocenters. The highest BCUT2D eigenvalue weighted by atomic mass is 127. The number of thioether (sulfide) groups is 1. The fourth-order valence-corrected chi connectivity index (χ4v) is 5.04. The number of nitrogens with zero attached hydrogens (tertiary/aromatic N) is 2. The van der Waals surface area contributed by atoms with Gasteiger partial charge in [0.05, 0.1) is 11.4 Å². The molecule has 1 aliphatic heterocycles. The second kappa shape index (κ2) is 8.96. The average Bonchev–Trinajstić information content (AvgIpc) is 3.28. The maximum absolute atomic E-state index is 13.0. The Balaban J connectivity index is 1.45. The number of aromatic nitrogens is 1. The third kappa shape index (κ3) is 4.25. The standard InChI is InChI=1S/C26H19IN2O2S/c27-21-12-10-19(11-13-21)16-29-25(30)24(32-26(29)31)14-20-17-28(15-18-6-2-1-3-7-18)23-9-5-4-8-22(20)23/h1-14,17H,15-16H2/b24-14-. The second-order valence-electron chi connectivity index (χ2n) is 7.61. The van der Waals surface area contributed by atoms with E-state index in [1.165, 1.54) is 10.5 Å². The fraction of sp³-hybridized carbons (Fsp3) is 0.0769. The van der Waals surface area contributed by atoms with Gasteiger partial charge in [0, 0.05) is 32.8 Å². The van der Waals surface area contributed by atoms with Gasteiger partial charge in [0.1, 0.15) is 0 Å². The molecule has 6 heteroatoms. The van der Waals surface area contributed by atoms with Crippen LogP contribution in [0, 0.1) is 3.57 Å². The molecule has 0 spiro atoms. The lowest BCUT2D eigenvalue weighted by Gasteiger charge is -2.12. The topological polar surface area (TPSA) is 42.3 Å². The van der Waals surface area contributed by atoms with Crippen LogP contribution in [-0.4, -0.2) is 20.6 Å². The Bertz CT molecular complexity index is 1340. The second-order valence-corrected chi connectivity index (χ2v) is 9.85. The Morgan fingerprint density at radius 1 is 0.812 bits per heavy atom. The lowest BCUT2D eigenvalue weighted by atomic mass is 10.1. The molecular weight excluding hydrogens is 531 g/mol. The zero-order valence-electron chi connectivity index (χ0n) is 17.1. The van der Waals surface area contributed by atoms with Crippen molar-refractivity contribution in [1.29, 1.82) is 0 Å². The molecule has 0 N–H and O–H groups in total.